The summed E-state index contributed by atoms with van der Waals surface area (Å²) in [6.45, 7) is 9.83. The molecule has 0 aromatic rings. The van der Waals surface area contributed by atoms with E-state index in [4.69, 9.17) is 19.3 Å². The van der Waals surface area contributed by atoms with Gasteiger partial charge >= 0.3 is 29.8 Å². The Morgan fingerprint density at radius 1 is 0.766 bits per heavy atom. The number of carboxylic acid groups (broad SMARTS) is 1. The molecule has 260 valence electrons. The number of aliphatic carboxylic acids is 1. The molecule has 0 radical (unpaired) electrons. The van der Waals surface area contributed by atoms with Crippen molar-refractivity contribution in [1.82, 2.24) is 0 Å². The molecule has 10 heteroatoms. The molecule has 17 unspecified atom stereocenters. The summed E-state index contributed by atoms with van der Waals surface area (Å²) in [5.74, 6) is -5.53. The Morgan fingerprint density at radius 3 is 2.06 bits per heavy atom. The van der Waals surface area contributed by atoms with Gasteiger partial charge in [0.25, 0.3) is 0 Å². The number of aliphatic hydroxyl groups excluding tert-OH is 1. The van der Waals surface area contributed by atoms with E-state index >= 15 is 0 Å². The van der Waals surface area contributed by atoms with Gasteiger partial charge in [0.1, 0.15) is 5.60 Å². The highest BCUT2D eigenvalue weighted by atomic mass is 16.6. The Labute approximate surface area is 277 Å². The smallest absolute Gasteiger partial charge is 0.317 e. The molecule has 47 heavy (non-hydrogen) atoms. The lowest BCUT2D eigenvalue weighted by Crippen LogP contribution is -2.51. The second kappa shape index (κ2) is 11.8. The third kappa shape index (κ3) is 5.16. The molecule has 7 aliphatic rings. The van der Waals surface area contributed by atoms with Crippen LogP contribution in [0.3, 0.4) is 0 Å². The minimum Gasteiger partial charge on any atom is -0.481 e. The van der Waals surface area contributed by atoms with E-state index in [2.05, 4.69) is 13.8 Å². The van der Waals surface area contributed by atoms with Crippen molar-refractivity contribution >= 4 is 29.8 Å². The summed E-state index contributed by atoms with van der Waals surface area (Å²) in [6.07, 6.45) is 5.55. The fraction of sp³-hybridized carbons (Fsp3) is 0.865. The van der Waals surface area contributed by atoms with Gasteiger partial charge in [-0.3, -0.25) is 24.0 Å². The lowest BCUT2D eigenvalue weighted by atomic mass is 9.54. The quantitative estimate of drug-likeness (QED) is 0.158. The van der Waals surface area contributed by atoms with Gasteiger partial charge in [0, 0.05) is 13.0 Å². The van der Waals surface area contributed by atoms with Crippen LogP contribution in [0.4, 0.5) is 0 Å². The highest BCUT2D eigenvalue weighted by molar-refractivity contribution is 5.97. The van der Waals surface area contributed by atoms with E-state index in [1.165, 1.54) is 0 Å². The number of rotatable bonds is 9. The predicted molar refractivity (Wildman–Crippen MR) is 166 cm³/mol. The van der Waals surface area contributed by atoms with Crippen molar-refractivity contribution in [2.24, 2.45) is 101 Å². The molecule has 1 heterocycles. The normalized spacial score (nSPS) is 47.9. The van der Waals surface area contributed by atoms with Gasteiger partial charge in [-0.05, 0) is 130 Å². The van der Waals surface area contributed by atoms with E-state index in [0.29, 0.717) is 37.0 Å². The Morgan fingerprint density at radius 2 is 1.45 bits per heavy atom. The summed E-state index contributed by atoms with van der Waals surface area (Å²) >= 11 is 0. The SMILES string of the molecule is CC1C2CCC(C2)C1C1C(=O)OC(=O)C1C1C2CC(CC2C(=O)OC(C)(C)C)C1C1C(C)C2CC1C(C(=O)O)C2C(=O)OCCCO. The topological polar surface area (TPSA) is 154 Å². The number of fused-ring (bicyclic) bond motifs is 6. The molecule has 1 saturated heterocycles. The summed E-state index contributed by atoms with van der Waals surface area (Å²) in [5.41, 5.74) is -0.661. The first kappa shape index (κ1) is 33.0. The van der Waals surface area contributed by atoms with Crippen LogP contribution in [0.2, 0.25) is 0 Å². The fourth-order valence-corrected chi connectivity index (χ4v) is 13.1. The van der Waals surface area contributed by atoms with Gasteiger partial charge in [-0.2, -0.15) is 0 Å². The number of carboxylic acids is 1. The highest BCUT2D eigenvalue weighted by Crippen LogP contribution is 2.70. The molecular formula is C37H52O10. The van der Waals surface area contributed by atoms with E-state index in [1.807, 2.05) is 20.8 Å². The van der Waals surface area contributed by atoms with Crippen molar-refractivity contribution in [2.75, 3.05) is 13.2 Å². The monoisotopic (exact) mass is 656 g/mol. The maximum absolute atomic E-state index is 13.9. The van der Waals surface area contributed by atoms with Crippen molar-refractivity contribution in [2.45, 2.75) is 85.2 Å². The Kier molecular flexibility index (Phi) is 8.32. The molecule has 2 N–H and O–H groups in total. The molecule has 0 aromatic heterocycles. The Hall–Kier alpha value is -2.49. The van der Waals surface area contributed by atoms with Gasteiger partial charge in [-0.25, -0.2) is 0 Å². The van der Waals surface area contributed by atoms with Crippen LogP contribution >= 0.6 is 0 Å². The highest BCUT2D eigenvalue weighted by Gasteiger charge is 2.71. The third-order valence-corrected chi connectivity index (χ3v) is 14.4. The molecule has 7 rings (SSSR count). The first-order valence-electron chi connectivity index (χ1n) is 18.2. The molecule has 6 saturated carbocycles. The van der Waals surface area contributed by atoms with Gasteiger partial charge in [0.15, 0.2) is 0 Å². The Bertz CT molecular complexity index is 1320. The largest absolute Gasteiger partial charge is 0.481 e. The number of esters is 4. The molecule has 10 nitrogen and oxygen atoms in total. The molecule has 6 aliphatic carbocycles. The van der Waals surface area contributed by atoms with E-state index in [1.54, 1.807) is 0 Å². The minimum atomic E-state index is -1.01. The van der Waals surface area contributed by atoms with Crippen molar-refractivity contribution in [3.05, 3.63) is 0 Å². The van der Waals surface area contributed by atoms with Crippen LogP contribution in [0.15, 0.2) is 0 Å². The number of carbonyl (C=O) groups is 5. The predicted octanol–water partition coefficient (Wildman–Crippen LogP) is 4.36. The van der Waals surface area contributed by atoms with Crippen LogP contribution in [-0.4, -0.2) is 58.9 Å². The van der Waals surface area contributed by atoms with Gasteiger partial charge in [-0.15, -0.1) is 0 Å². The summed E-state index contributed by atoms with van der Waals surface area (Å²) in [5, 5.41) is 19.7. The number of aliphatic hydroxyl groups is 1. The molecule has 7 fully saturated rings. The summed E-state index contributed by atoms with van der Waals surface area (Å²) < 4.78 is 16.9. The molecule has 0 amide bonds. The standard InChI is InChI=1S/C37H52O10/c1-15-17-7-8-18(11-17)24(15)30-31(36(44)46-35(30)43)27-21-12-19(13-22(21)33(41)47-37(3,4)5)26(27)25-16(2)20-14-23(25)28(32(39)40)29(20)34(42)45-10-6-9-38/h15-31,38H,6-14H2,1-5H3,(H,39,40). The van der Waals surface area contributed by atoms with Gasteiger partial charge < -0.3 is 24.4 Å². The van der Waals surface area contributed by atoms with Crippen molar-refractivity contribution in [1.29, 1.82) is 0 Å². The van der Waals surface area contributed by atoms with E-state index in [-0.39, 0.29) is 78.4 Å². The van der Waals surface area contributed by atoms with Gasteiger partial charge in [0.05, 0.1) is 36.2 Å². The number of cyclic esters (lactones) is 2. The first-order chi connectivity index (χ1) is 22.2. The van der Waals surface area contributed by atoms with Crippen LogP contribution in [0, 0.1) is 101 Å². The molecule has 1 aliphatic heterocycles. The molecule has 17 atom stereocenters. The third-order valence-electron chi connectivity index (χ3n) is 14.4. The number of hydrogen-bond donors (Lipinski definition) is 2. The van der Waals surface area contributed by atoms with Gasteiger partial charge in [0.2, 0.25) is 0 Å². The van der Waals surface area contributed by atoms with Crippen LogP contribution in [0.1, 0.15) is 79.6 Å². The van der Waals surface area contributed by atoms with Crippen LogP contribution < -0.4 is 0 Å². The van der Waals surface area contributed by atoms with Crippen LogP contribution in [0.5, 0.6) is 0 Å². The van der Waals surface area contributed by atoms with Crippen molar-refractivity contribution < 1.29 is 48.4 Å². The van der Waals surface area contributed by atoms with Crippen LogP contribution in [0.25, 0.3) is 0 Å². The van der Waals surface area contributed by atoms with Crippen molar-refractivity contribution in [3.8, 4) is 0 Å². The number of ether oxygens (including phenoxy) is 3. The maximum atomic E-state index is 13.9. The summed E-state index contributed by atoms with van der Waals surface area (Å²) in [7, 11) is 0. The Balaban J connectivity index is 1.25. The van der Waals surface area contributed by atoms with E-state index in [0.717, 1.165) is 25.7 Å². The fourth-order valence-electron chi connectivity index (χ4n) is 13.1. The number of hydrogen-bond acceptors (Lipinski definition) is 9. The zero-order chi connectivity index (χ0) is 33.7. The average Bonchev–Trinajstić information content (AvgIpc) is 3.83. The first-order valence-corrected chi connectivity index (χ1v) is 18.2. The minimum absolute atomic E-state index is 0.00538. The van der Waals surface area contributed by atoms with Crippen molar-refractivity contribution in [3.63, 3.8) is 0 Å². The lowest BCUT2D eigenvalue weighted by molar-refractivity contribution is -0.169. The van der Waals surface area contributed by atoms with Crippen LogP contribution in [-0.2, 0) is 38.2 Å². The van der Waals surface area contributed by atoms with Gasteiger partial charge in [-0.1, -0.05) is 13.8 Å². The summed E-state index contributed by atoms with van der Waals surface area (Å²) in [4.78, 5) is 67.5. The zero-order valence-corrected chi connectivity index (χ0v) is 28.3. The average molecular weight is 657 g/mol. The second-order valence-electron chi connectivity index (χ2n) is 17.4. The zero-order valence-electron chi connectivity index (χ0n) is 28.3. The van der Waals surface area contributed by atoms with E-state index < -0.39 is 53.1 Å². The summed E-state index contributed by atoms with van der Waals surface area (Å²) in [6, 6.07) is 0. The lowest BCUT2D eigenvalue weighted by Gasteiger charge is -2.48. The van der Waals surface area contributed by atoms with E-state index in [9.17, 15) is 29.1 Å². The molecular weight excluding hydrogens is 604 g/mol. The molecule has 0 spiro atoms. The maximum Gasteiger partial charge on any atom is 0.317 e. The molecule has 6 bridgehead atoms. The number of carbonyl (C=O) groups excluding carboxylic acids is 4. The second-order valence-corrected chi connectivity index (χ2v) is 17.4. The molecule has 0 aromatic carbocycles.